The zero-order valence-electron chi connectivity index (χ0n) is 5.34. The van der Waals surface area contributed by atoms with Gasteiger partial charge in [0.15, 0.2) is 5.82 Å². The molecule has 0 aliphatic carbocycles. The molecule has 11 heavy (non-hydrogen) atoms. The summed E-state index contributed by atoms with van der Waals surface area (Å²) in [7, 11) is 0. The molecule has 0 spiro atoms. The van der Waals surface area contributed by atoms with Crippen molar-refractivity contribution >= 4 is 5.82 Å². The van der Waals surface area contributed by atoms with E-state index >= 15 is 0 Å². The van der Waals surface area contributed by atoms with Crippen molar-refractivity contribution < 1.29 is 0 Å². The van der Waals surface area contributed by atoms with Gasteiger partial charge in [-0.2, -0.15) is 10.4 Å². The van der Waals surface area contributed by atoms with Crippen molar-refractivity contribution in [3.63, 3.8) is 0 Å². The Kier molecular flexibility index (Phi) is 2.00. The van der Waals surface area contributed by atoms with Crippen LogP contribution in [-0.4, -0.2) is 10.2 Å². The van der Waals surface area contributed by atoms with E-state index in [4.69, 9.17) is 10.8 Å². The van der Waals surface area contributed by atoms with Gasteiger partial charge in [-0.25, -0.2) is 0 Å². The first kappa shape index (κ1) is 6.99. The summed E-state index contributed by atoms with van der Waals surface area (Å²) in [6.07, 6.45) is 1.29. The number of nitrogens with zero attached hydrogens (tertiary/aromatic N) is 6. The summed E-state index contributed by atoms with van der Waals surface area (Å²) in [5.74, 6) is 0.103. The zero-order valence-corrected chi connectivity index (χ0v) is 5.34. The fourth-order valence-corrected chi connectivity index (χ4v) is 0.511. The van der Waals surface area contributed by atoms with E-state index in [1.165, 1.54) is 12.3 Å². The van der Waals surface area contributed by atoms with Crippen LogP contribution < -0.4 is 0 Å². The van der Waals surface area contributed by atoms with Crippen LogP contribution >= 0.6 is 0 Å². The normalized spacial score (nSPS) is 7.91. The van der Waals surface area contributed by atoms with Crippen molar-refractivity contribution in [1.29, 1.82) is 5.26 Å². The van der Waals surface area contributed by atoms with E-state index in [1.807, 2.05) is 6.07 Å². The molecule has 1 heterocycles. The molecular weight excluding hydrogens is 144 g/mol. The molecule has 0 N–H and O–H groups in total. The van der Waals surface area contributed by atoms with Crippen LogP contribution in [0.3, 0.4) is 0 Å². The van der Waals surface area contributed by atoms with Crippen molar-refractivity contribution in [1.82, 2.24) is 10.2 Å². The number of rotatable bonds is 1. The molecule has 0 aliphatic rings. The molecule has 52 valence electrons. The van der Waals surface area contributed by atoms with Gasteiger partial charge in [-0.1, -0.05) is 0 Å². The highest BCUT2D eigenvalue weighted by atomic mass is 15.2. The molecule has 1 rings (SSSR count). The zero-order chi connectivity index (χ0) is 8.10. The third-order valence-corrected chi connectivity index (χ3v) is 0.918. The molecule has 0 aliphatic heterocycles. The molecule has 0 unspecified atom stereocenters. The van der Waals surface area contributed by atoms with Crippen molar-refractivity contribution in [3.8, 4) is 6.07 Å². The molecule has 0 fully saturated rings. The largest absolute Gasteiger partial charge is 0.192 e. The molecule has 0 bridgehead atoms. The van der Waals surface area contributed by atoms with Gasteiger partial charge in [0, 0.05) is 4.91 Å². The molecule has 1 aromatic heterocycles. The minimum Gasteiger partial charge on any atom is -0.192 e. The first-order valence-electron chi connectivity index (χ1n) is 2.65. The first-order valence-corrected chi connectivity index (χ1v) is 2.65. The van der Waals surface area contributed by atoms with Crippen LogP contribution in [0.4, 0.5) is 5.82 Å². The van der Waals surface area contributed by atoms with Crippen LogP contribution in [0.15, 0.2) is 17.4 Å². The highest BCUT2D eigenvalue weighted by Crippen LogP contribution is 2.06. The van der Waals surface area contributed by atoms with Gasteiger partial charge in [0.1, 0.15) is 6.07 Å². The van der Waals surface area contributed by atoms with Crippen LogP contribution in [0, 0.1) is 11.3 Å². The molecule has 0 amide bonds. The van der Waals surface area contributed by atoms with Crippen molar-refractivity contribution in [2.75, 3.05) is 0 Å². The summed E-state index contributed by atoms with van der Waals surface area (Å²) in [4.78, 5) is 2.49. The van der Waals surface area contributed by atoms with Gasteiger partial charge in [0.2, 0.25) is 0 Å². The molecular formula is C5H2N6. The summed E-state index contributed by atoms with van der Waals surface area (Å²) < 4.78 is 0. The molecule has 0 saturated heterocycles. The third-order valence-electron chi connectivity index (χ3n) is 0.918. The van der Waals surface area contributed by atoms with Gasteiger partial charge in [0.25, 0.3) is 0 Å². The fraction of sp³-hybridized carbons (Fsp3) is 0. The second-order valence-corrected chi connectivity index (χ2v) is 1.60. The molecule has 0 radical (unpaired) electrons. The van der Waals surface area contributed by atoms with Gasteiger partial charge >= 0.3 is 0 Å². The Morgan fingerprint density at radius 2 is 2.55 bits per heavy atom. The molecule has 0 atom stereocenters. The van der Waals surface area contributed by atoms with E-state index in [-0.39, 0.29) is 5.82 Å². The van der Waals surface area contributed by atoms with E-state index in [2.05, 4.69) is 20.2 Å². The smallest absolute Gasteiger partial charge is 0.150 e. The van der Waals surface area contributed by atoms with E-state index in [0.29, 0.717) is 5.56 Å². The Morgan fingerprint density at radius 3 is 3.18 bits per heavy atom. The lowest BCUT2D eigenvalue weighted by Crippen LogP contribution is -1.81. The lowest BCUT2D eigenvalue weighted by Gasteiger charge is -1.86. The second kappa shape index (κ2) is 3.15. The van der Waals surface area contributed by atoms with Crippen LogP contribution in [0.25, 0.3) is 10.4 Å². The van der Waals surface area contributed by atoms with Crippen LogP contribution in [0.5, 0.6) is 0 Å². The fourth-order valence-electron chi connectivity index (χ4n) is 0.511. The Balaban J connectivity index is 3.12. The Labute approximate surface area is 61.7 Å². The maximum atomic E-state index is 8.38. The maximum absolute atomic E-state index is 8.38. The molecule has 6 heteroatoms. The van der Waals surface area contributed by atoms with Crippen LogP contribution in [0.1, 0.15) is 5.56 Å². The predicted octanol–water partition coefficient (Wildman–Crippen LogP) is 1.29. The first-order chi connectivity index (χ1) is 5.36. The third kappa shape index (κ3) is 1.64. The van der Waals surface area contributed by atoms with Gasteiger partial charge in [-0.3, -0.25) is 0 Å². The SMILES string of the molecule is N#Cc1cnnc(N=[N+]=[N-])c1. The van der Waals surface area contributed by atoms with Crippen LogP contribution in [0.2, 0.25) is 0 Å². The Bertz CT molecular complexity index is 344. The second-order valence-electron chi connectivity index (χ2n) is 1.60. The summed E-state index contributed by atoms with van der Waals surface area (Å²) in [5.41, 5.74) is 8.31. The van der Waals surface area contributed by atoms with Crippen molar-refractivity contribution in [2.24, 2.45) is 5.11 Å². The van der Waals surface area contributed by atoms with Crippen molar-refractivity contribution in [3.05, 3.63) is 28.3 Å². The number of azide groups is 1. The molecule has 0 aromatic carbocycles. The Morgan fingerprint density at radius 1 is 1.73 bits per heavy atom. The lowest BCUT2D eigenvalue weighted by molar-refractivity contribution is 1.01. The minimum absolute atomic E-state index is 0.103. The van der Waals surface area contributed by atoms with Gasteiger partial charge in [-0.15, -0.1) is 5.10 Å². The monoisotopic (exact) mass is 146 g/mol. The van der Waals surface area contributed by atoms with E-state index in [9.17, 15) is 0 Å². The quantitative estimate of drug-likeness (QED) is 0.339. The predicted molar refractivity (Wildman–Crippen MR) is 35.6 cm³/mol. The average molecular weight is 146 g/mol. The van der Waals surface area contributed by atoms with Gasteiger partial charge in [-0.05, 0) is 16.7 Å². The van der Waals surface area contributed by atoms with Gasteiger partial charge < -0.3 is 0 Å². The molecule has 0 saturated carbocycles. The van der Waals surface area contributed by atoms with E-state index < -0.39 is 0 Å². The standard InChI is InChI=1S/C5H2N6/c6-2-4-1-5(10-11-7)9-8-3-4/h1,3H. The topological polar surface area (TPSA) is 98.3 Å². The number of hydrogen-bond acceptors (Lipinski definition) is 4. The number of hydrogen-bond donors (Lipinski definition) is 0. The Hall–Kier alpha value is -2.12. The minimum atomic E-state index is 0.103. The highest BCUT2D eigenvalue weighted by molar-refractivity contribution is 5.35. The molecule has 1 aromatic rings. The summed E-state index contributed by atoms with van der Waals surface area (Å²) in [5, 5.41) is 18.4. The number of aromatic nitrogens is 2. The van der Waals surface area contributed by atoms with Crippen molar-refractivity contribution in [2.45, 2.75) is 0 Å². The summed E-state index contributed by atoms with van der Waals surface area (Å²) in [6, 6.07) is 3.19. The summed E-state index contributed by atoms with van der Waals surface area (Å²) >= 11 is 0. The van der Waals surface area contributed by atoms with E-state index in [0.717, 1.165) is 0 Å². The van der Waals surface area contributed by atoms with E-state index in [1.54, 1.807) is 0 Å². The number of nitriles is 1. The molecule has 6 nitrogen and oxygen atoms in total. The average Bonchev–Trinajstić information content (AvgIpc) is 2.06. The lowest BCUT2D eigenvalue weighted by atomic mass is 10.3. The summed E-state index contributed by atoms with van der Waals surface area (Å²) in [6.45, 7) is 0. The maximum Gasteiger partial charge on any atom is 0.150 e. The highest BCUT2D eigenvalue weighted by Gasteiger charge is 1.92. The van der Waals surface area contributed by atoms with Crippen LogP contribution in [-0.2, 0) is 0 Å². The van der Waals surface area contributed by atoms with Gasteiger partial charge in [0.05, 0.1) is 11.8 Å².